The highest BCUT2D eigenvalue weighted by molar-refractivity contribution is 7.11. The van der Waals surface area contributed by atoms with Gasteiger partial charge < -0.3 is 10.1 Å². The van der Waals surface area contributed by atoms with Crippen molar-refractivity contribution in [2.75, 3.05) is 0 Å². The summed E-state index contributed by atoms with van der Waals surface area (Å²) in [6.45, 7) is 10.3. The second-order valence-electron chi connectivity index (χ2n) is 5.92. The van der Waals surface area contributed by atoms with Crippen molar-refractivity contribution in [3.8, 4) is 5.75 Å². The fourth-order valence-electron chi connectivity index (χ4n) is 2.02. The molecule has 0 aliphatic heterocycles. The third-order valence-corrected chi connectivity index (χ3v) is 4.37. The Morgan fingerprint density at radius 2 is 1.81 bits per heavy atom. The van der Waals surface area contributed by atoms with E-state index in [2.05, 4.69) is 63.3 Å². The van der Waals surface area contributed by atoms with Crippen molar-refractivity contribution in [2.45, 2.75) is 52.8 Å². The number of hydrogen-bond donors (Lipinski definition) is 1. The molecule has 0 amide bonds. The third-order valence-electron chi connectivity index (χ3n) is 3.31. The van der Waals surface area contributed by atoms with Crippen LogP contribution in [0.4, 0.5) is 0 Å². The Morgan fingerprint density at radius 3 is 2.52 bits per heavy atom. The summed E-state index contributed by atoms with van der Waals surface area (Å²) >= 11 is 1.82. The number of ether oxygens (including phenoxy) is 1. The van der Waals surface area contributed by atoms with Gasteiger partial charge in [-0.2, -0.15) is 0 Å². The molecule has 0 saturated carbocycles. The first kappa shape index (κ1) is 16.1. The summed E-state index contributed by atoms with van der Waals surface area (Å²) in [5.74, 6) is 1.49. The quantitative estimate of drug-likeness (QED) is 0.781. The van der Waals surface area contributed by atoms with Crippen molar-refractivity contribution in [3.63, 3.8) is 0 Å². The van der Waals surface area contributed by atoms with Gasteiger partial charge in [0.25, 0.3) is 0 Å². The predicted molar refractivity (Wildman–Crippen MR) is 91.2 cm³/mol. The van der Waals surface area contributed by atoms with Gasteiger partial charge in [-0.3, -0.25) is 0 Å². The fourth-order valence-corrected chi connectivity index (χ4v) is 2.90. The molecule has 1 aromatic carbocycles. The summed E-state index contributed by atoms with van der Waals surface area (Å²) < 4.78 is 5.91. The predicted octanol–water partition coefficient (Wildman–Crippen LogP) is 4.95. The average molecular weight is 303 g/mol. The molecule has 1 aromatic heterocycles. The molecule has 0 fully saturated rings. The normalized spacial score (nSPS) is 11.3. The SMILES string of the molecule is CC(C)NCc1ccc(COc2cccc(C(C)C)c2)s1. The van der Waals surface area contributed by atoms with Crippen LogP contribution in [0.3, 0.4) is 0 Å². The summed E-state index contributed by atoms with van der Waals surface area (Å²) in [7, 11) is 0. The number of thiophene rings is 1. The van der Waals surface area contributed by atoms with E-state index in [-0.39, 0.29) is 0 Å². The van der Waals surface area contributed by atoms with Gasteiger partial charge in [0.1, 0.15) is 12.4 Å². The van der Waals surface area contributed by atoms with E-state index in [1.807, 2.05) is 17.4 Å². The van der Waals surface area contributed by atoms with Crippen molar-refractivity contribution in [1.29, 1.82) is 0 Å². The second kappa shape index (κ2) is 7.62. The number of hydrogen-bond acceptors (Lipinski definition) is 3. The zero-order valence-corrected chi connectivity index (χ0v) is 14.2. The number of nitrogens with one attached hydrogen (secondary N) is 1. The molecule has 0 bridgehead atoms. The Balaban J connectivity index is 1.89. The second-order valence-corrected chi connectivity index (χ2v) is 7.17. The van der Waals surface area contributed by atoms with Crippen LogP contribution in [0.15, 0.2) is 36.4 Å². The third kappa shape index (κ3) is 5.18. The molecule has 0 aliphatic carbocycles. The standard InChI is InChI=1S/C18H25NOS/c1-13(2)15-6-5-7-16(10-15)20-12-18-9-8-17(21-18)11-19-14(3)4/h5-10,13-14,19H,11-12H2,1-4H3. The van der Waals surface area contributed by atoms with Gasteiger partial charge in [0.05, 0.1) is 0 Å². The van der Waals surface area contributed by atoms with Crippen molar-refractivity contribution >= 4 is 11.3 Å². The van der Waals surface area contributed by atoms with E-state index < -0.39 is 0 Å². The number of rotatable bonds is 7. The van der Waals surface area contributed by atoms with Crippen LogP contribution >= 0.6 is 11.3 Å². The summed E-state index contributed by atoms with van der Waals surface area (Å²) in [4.78, 5) is 2.63. The monoisotopic (exact) mass is 303 g/mol. The van der Waals surface area contributed by atoms with E-state index in [9.17, 15) is 0 Å². The van der Waals surface area contributed by atoms with Crippen molar-refractivity contribution in [2.24, 2.45) is 0 Å². The average Bonchev–Trinajstić information content (AvgIpc) is 2.91. The molecule has 0 atom stereocenters. The molecule has 1 N–H and O–H groups in total. The van der Waals surface area contributed by atoms with Crippen LogP contribution in [0, 0.1) is 0 Å². The number of benzene rings is 1. The van der Waals surface area contributed by atoms with Crippen LogP contribution in [0.2, 0.25) is 0 Å². The van der Waals surface area contributed by atoms with E-state index in [0.717, 1.165) is 12.3 Å². The highest BCUT2D eigenvalue weighted by Crippen LogP contribution is 2.23. The van der Waals surface area contributed by atoms with Crippen LogP contribution < -0.4 is 10.1 Å². The maximum atomic E-state index is 5.91. The summed E-state index contributed by atoms with van der Waals surface area (Å²) in [5.41, 5.74) is 1.32. The lowest BCUT2D eigenvalue weighted by molar-refractivity contribution is 0.309. The molecule has 2 nitrogen and oxygen atoms in total. The zero-order valence-electron chi connectivity index (χ0n) is 13.3. The molecular weight excluding hydrogens is 278 g/mol. The first-order chi connectivity index (χ1) is 10.0. The molecule has 2 rings (SSSR count). The van der Waals surface area contributed by atoms with Gasteiger partial charge in [-0.15, -0.1) is 11.3 Å². The molecule has 0 aliphatic rings. The molecule has 0 unspecified atom stereocenters. The van der Waals surface area contributed by atoms with E-state index in [1.165, 1.54) is 15.3 Å². The highest BCUT2D eigenvalue weighted by Gasteiger charge is 2.04. The van der Waals surface area contributed by atoms with Crippen molar-refractivity contribution in [1.82, 2.24) is 5.32 Å². The van der Waals surface area contributed by atoms with Gasteiger partial charge >= 0.3 is 0 Å². The lowest BCUT2D eigenvalue weighted by Crippen LogP contribution is -2.21. The van der Waals surface area contributed by atoms with Gasteiger partial charge in [0.15, 0.2) is 0 Å². The zero-order chi connectivity index (χ0) is 15.2. The fraction of sp³-hybridized carbons (Fsp3) is 0.444. The van der Waals surface area contributed by atoms with Gasteiger partial charge in [0.2, 0.25) is 0 Å². The minimum absolute atomic E-state index is 0.519. The molecule has 0 radical (unpaired) electrons. The summed E-state index contributed by atoms with van der Waals surface area (Å²) in [6, 6.07) is 13.2. The first-order valence-electron chi connectivity index (χ1n) is 7.58. The van der Waals surface area contributed by atoms with E-state index in [0.29, 0.717) is 18.6 Å². The molecular formula is C18H25NOS. The van der Waals surface area contributed by atoms with Gasteiger partial charge in [-0.1, -0.05) is 39.8 Å². The van der Waals surface area contributed by atoms with Crippen LogP contribution in [0.25, 0.3) is 0 Å². The van der Waals surface area contributed by atoms with Gasteiger partial charge in [0, 0.05) is 22.3 Å². The maximum absolute atomic E-state index is 5.91. The molecule has 1 heterocycles. The van der Waals surface area contributed by atoms with Crippen molar-refractivity contribution in [3.05, 3.63) is 51.7 Å². The first-order valence-corrected chi connectivity index (χ1v) is 8.40. The maximum Gasteiger partial charge on any atom is 0.122 e. The molecule has 0 saturated heterocycles. The smallest absolute Gasteiger partial charge is 0.122 e. The molecule has 21 heavy (non-hydrogen) atoms. The Bertz CT molecular complexity index is 560. The topological polar surface area (TPSA) is 21.3 Å². The minimum Gasteiger partial charge on any atom is -0.488 e. The van der Waals surface area contributed by atoms with Gasteiger partial charge in [-0.25, -0.2) is 0 Å². The Hall–Kier alpha value is -1.32. The summed E-state index contributed by atoms with van der Waals surface area (Å²) in [5, 5.41) is 3.44. The van der Waals surface area contributed by atoms with Crippen LogP contribution in [-0.4, -0.2) is 6.04 Å². The van der Waals surface area contributed by atoms with Crippen LogP contribution in [0.5, 0.6) is 5.75 Å². The van der Waals surface area contributed by atoms with Crippen molar-refractivity contribution < 1.29 is 4.74 Å². The Labute approximate surface area is 132 Å². The van der Waals surface area contributed by atoms with Gasteiger partial charge in [-0.05, 0) is 35.7 Å². The minimum atomic E-state index is 0.519. The molecule has 2 aromatic rings. The van der Waals surface area contributed by atoms with Crippen LogP contribution in [-0.2, 0) is 13.2 Å². The molecule has 114 valence electrons. The Morgan fingerprint density at radius 1 is 1.05 bits per heavy atom. The Kier molecular flexibility index (Phi) is 5.83. The van der Waals surface area contributed by atoms with E-state index in [4.69, 9.17) is 4.74 Å². The largest absolute Gasteiger partial charge is 0.488 e. The molecule has 3 heteroatoms. The highest BCUT2D eigenvalue weighted by atomic mass is 32.1. The lowest BCUT2D eigenvalue weighted by atomic mass is 10.0. The summed E-state index contributed by atoms with van der Waals surface area (Å²) in [6.07, 6.45) is 0. The van der Waals surface area contributed by atoms with Crippen LogP contribution in [0.1, 0.15) is 48.9 Å². The molecule has 0 spiro atoms. The lowest BCUT2D eigenvalue weighted by Gasteiger charge is -2.09. The van der Waals surface area contributed by atoms with E-state index in [1.54, 1.807) is 0 Å². The van der Waals surface area contributed by atoms with E-state index >= 15 is 0 Å².